The largest absolute Gasteiger partial charge is 0.383 e. The van der Waals surface area contributed by atoms with Crippen LogP contribution in [0.4, 0.5) is 4.79 Å². The van der Waals surface area contributed by atoms with Gasteiger partial charge in [-0.05, 0) is 23.8 Å². The molecule has 2 amide bonds. The first-order valence-corrected chi connectivity index (χ1v) is 8.59. The summed E-state index contributed by atoms with van der Waals surface area (Å²) in [7, 11) is 1.71. The fourth-order valence-electron chi connectivity index (χ4n) is 2.91. The number of hydrogen-bond donors (Lipinski definition) is 1. The number of urea groups is 1. The van der Waals surface area contributed by atoms with E-state index in [2.05, 4.69) is 15.3 Å². The molecule has 1 fully saturated rings. The van der Waals surface area contributed by atoms with Crippen LogP contribution in [0.3, 0.4) is 0 Å². The Morgan fingerprint density at radius 2 is 2.08 bits per heavy atom. The molecule has 2 heterocycles. The highest BCUT2D eigenvalue weighted by atomic mass is 16.5. The average molecular weight is 343 g/mol. The predicted octanol–water partition coefficient (Wildman–Crippen LogP) is 1.35. The van der Waals surface area contributed by atoms with Gasteiger partial charge in [0.1, 0.15) is 0 Å². The van der Waals surface area contributed by atoms with Crippen LogP contribution in [0.2, 0.25) is 0 Å². The van der Waals surface area contributed by atoms with Crippen LogP contribution >= 0.6 is 0 Å². The highest BCUT2D eigenvalue weighted by molar-refractivity contribution is 5.74. The molecular formula is C18H25N5O2. The zero-order valence-electron chi connectivity index (χ0n) is 14.6. The molecule has 0 aliphatic carbocycles. The van der Waals surface area contributed by atoms with Gasteiger partial charge in [-0.2, -0.15) is 5.10 Å². The molecule has 0 bridgehead atoms. The number of nitrogens with zero attached hydrogens (tertiary/aromatic N) is 4. The number of benzene rings is 1. The molecule has 1 aliphatic rings. The number of carbonyl (C=O) groups is 1. The van der Waals surface area contributed by atoms with Crippen LogP contribution in [0.15, 0.2) is 42.7 Å². The van der Waals surface area contributed by atoms with Crippen molar-refractivity contribution in [3.8, 4) is 5.69 Å². The number of carbonyl (C=O) groups excluding carboxylic acids is 1. The minimum atomic E-state index is -0.00381. The number of rotatable bonds is 6. The second-order valence-corrected chi connectivity index (χ2v) is 6.10. The Morgan fingerprint density at radius 1 is 1.24 bits per heavy atom. The maximum absolute atomic E-state index is 12.4. The van der Waals surface area contributed by atoms with Gasteiger partial charge in [-0.15, -0.1) is 0 Å². The van der Waals surface area contributed by atoms with Gasteiger partial charge >= 0.3 is 6.03 Å². The Kier molecular flexibility index (Phi) is 6.03. The molecule has 7 heteroatoms. The van der Waals surface area contributed by atoms with E-state index in [9.17, 15) is 4.79 Å². The molecule has 0 atom stereocenters. The molecule has 1 N–H and O–H groups in total. The molecule has 134 valence electrons. The first-order chi connectivity index (χ1) is 12.3. The van der Waals surface area contributed by atoms with Crippen molar-refractivity contribution >= 4 is 6.03 Å². The molecule has 0 unspecified atom stereocenters. The third kappa shape index (κ3) is 4.80. The van der Waals surface area contributed by atoms with E-state index in [-0.39, 0.29) is 6.03 Å². The summed E-state index contributed by atoms with van der Waals surface area (Å²) in [5.41, 5.74) is 2.04. The van der Waals surface area contributed by atoms with E-state index >= 15 is 0 Å². The normalized spacial score (nSPS) is 15.3. The Balaban J connectivity index is 1.47. The molecule has 7 nitrogen and oxygen atoms in total. The van der Waals surface area contributed by atoms with Gasteiger partial charge < -0.3 is 15.0 Å². The summed E-state index contributed by atoms with van der Waals surface area (Å²) in [5, 5.41) is 7.25. The van der Waals surface area contributed by atoms with E-state index in [0.717, 1.165) is 50.6 Å². The first kappa shape index (κ1) is 17.4. The molecule has 1 aliphatic heterocycles. The zero-order chi connectivity index (χ0) is 17.5. The van der Waals surface area contributed by atoms with Crippen LogP contribution in [0.5, 0.6) is 0 Å². The van der Waals surface area contributed by atoms with Crippen LogP contribution < -0.4 is 5.32 Å². The smallest absolute Gasteiger partial charge is 0.317 e. The summed E-state index contributed by atoms with van der Waals surface area (Å²) < 4.78 is 6.91. The molecule has 3 rings (SSSR count). The van der Waals surface area contributed by atoms with Gasteiger partial charge in [0.05, 0.1) is 12.3 Å². The lowest BCUT2D eigenvalue weighted by molar-refractivity contribution is 0.106. The van der Waals surface area contributed by atoms with E-state index in [1.54, 1.807) is 13.3 Å². The molecular weight excluding hydrogens is 318 g/mol. The summed E-state index contributed by atoms with van der Waals surface area (Å²) in [6.45, 7) is 5.46. The van der Waals surface area contributed by atoms with E-state index < -0.39 is 0 Å². The molecule has 1 saturated heterocycles. The van der Waals surface area contributed by atoms with Crippen LogP contribution in [0, 0.1) is 0 Å². The fourth-order valence-corrected chi connectivity index (χ4v) is 2.91. The maximum atomic E-state index is 12.4. The second kappa shape index (κ2) is 8.64. The van der Waals surface area contributed by atoms with Gasteiger partial charge in [-0.1, -0.05) is 12.1 Å². The third-order valence-corrected chi connectivity index (χ3v) is 4.39. The predicted molar refractivity (Wildman–Crippen MR) is 95.7 cm³/mol. The van der Waals surface area contributed by atoms with E-state index in [0.29, 0.717) is 6.54 Å². The van der Waals surface area contributed by atoms with Gasteiger partial charge in [0, 0.05) is 58.8 Å². The van der Waals surface area contributed by atoms with Crippen molar-refractivity contribution in [1.29, 1.82) is 0 Å². The number of hydrogen-bond acceptors (Lipinski definition) is 4. The van der Waals surface area contributed by atoms with Crippen LogP contribution in [0.1, 0.15) is 5.56 Å². The van der Waals surface area contributed by atoms with Crippen LogP contribution in [-0.2, 0) is 11.3 Å². The molecule has 0 spiro atoms. The Morgan fingerprint density at radius 3 is 2.80 bits per heavy atom. The quantitative estimate of drug-likeness (QED) is 0.860. The first-order valence-electron chi connectivity index (χ1n) is 8.59. The summed E-state index contributed by atoms with van der Waals surface area (Å²) in [5.74, 6) is 0. The standard InChI is InChI=1S/C18H25N5O2/c1-25-13-12-21-8-10-22(11-9-21)18(24)19-15-16-4-2-5-17(14-16)23-7-3-6-20-23/h2-7,14H,8-13,15H2,1H3,(H,19,24). The van der Waals surface area contributed by atoms with Gasteiger partial charge in [-0.25, -0.2) is 9.48 Å². The van der Waals surface area contributed by atoms with Crippen molar-refractivity contribution in [3.05, 3.63) is 48.3 Å². The van der Waals surface area contributed by atoms with Gasteiger partial charge in [0.25, 0.3) is 0 Å². The lowest BCUT2D eigenvalue weighted by Gasteiger charge is -2.34. The molecule has 2 aromatic rings. The maximum Gasteiger partial charge on any atom is 0.317 e. The SMILES string of the molecule is COCCN1CCN(C(=O)NCc2cccc(-n3cccn3)c2)CC1. The molecule has 1 aromatic carbocycles. The van der Waals surface area contributed by atoms with Gasteiger partial charge in [0.15, 0.2) is 0 Å². The van der Waals surface area contributed by atoms with Crippen molar-refractivity contribution in [2.24, 2.45) is 0 Å². The topological polar surface area (TPSA) is 62.6 Å². The number of ether oxygens (including phenoxy) is 1. The number of nitrogens with one attached hydrogen (secondary N) is 1. The molecule has 0 radical (unpaired) electrons. The Labute approximate surface area is 148 Å². The number of methoxy groups -OCH3 is 1. The van der Waals surface area contributed by atoms with E-state index in [1.807, 2.05) is 46.1 Å². The Hall–Kier alpha value is -2.38. The van der Waals surface area contributed by atoms with E-state index in [4.69, 9.17) is 4.74 Å². The second-order valence-electron chi connectivity index (χ2n) is 6.10. The molecule has 0 saturated carbocycles. The summed E-state index contributed by atoms with van der Waals surface area (Å²) in [6.07, 6.45) is 3.65. The van der Waals surface area contributed by atoms with Crippen LogP contribution in [-0.4, -0.2) is 72.1 Å². The Bertz CT molecular complexity index is 666. The van der Waals surface area contributed by atoms with Crippen molar-refractivity contribution in [1.82, 2.24) is 24.9 Å². The molecule has 25 heavy (non-hydrogen) atoms. The van der Waals surface area contributed by atoms with Crippen LogP contribution in [0.25, 0.3) is 5.69 Å². The van der Waals surface area contributed by atoms with E-state index in [1.165, 1.54) is 0 Å². The molecule has 1 aromatic heterocycles. The average Bonchev–Trinajstić information content (AvgIpc) is 3.20. The summed E-state index contributed by atoms with van der Waals surface area (Å²) in [6, 6.07) is 9.91. The summed E-state index contributed by atoms with van der Waals surface area (Å²) >= 11 is 0. The minimum Gasteiger partial charge on any atom is -0.383 e. The van der Waals surface area contributed by atoms with Crippen molar-refractivity contribution in [3.63, 3.8) is 0 Å². The van der Waals surface area contributed by atoms with Crippen molar-refractivity contribution < 1.29 is 9.53 Å². The number of aromatic nitrogens is 2. The monoisotopic (exact) mass is 343 g/mol. The number of piperazine rings is 1. The highest BCUT2D eigenvalue weighted by Crippen LogP contribution is 2.10. The lowest BCUT2D eigenvalue weighted by Crippen LogP contribution is -2.52. The third-order valence-electron chi connectivity index (χ3n) is 4.39. The fraction of sp³-hybridized carbons (Fsp3) is 0.444. The highest BCUT2D eigenvalue weighted by Gasteiger charge is 2.20. The summed E-state index contributed by atoms with van der Waals surface area (Å²) in [4.78, 5) is 16.6. The zero-order valence-corrected chi connectivity index (χ0v) is 14.6. The minimum absolute atomic E-state index is 0.00381. The lowest BCUT2D eigenvalue weighted by atomic mass is 10.2. The van der Waals surface area contributed by atoms with Crippen molar-refractivity contribution in [2.75, 3.05) is 46.4 Å². The van der Waals surface area contributed by atoms with Gasteiger partial charge in [0.2, 0.25) is 0 Å². The number of amides is 2. The van der Waals surface area contributed by atoms with Gasteiger partial charge in [-0.3, -0.25) is 4.90 Å². The van der Waals surface area contributed by atoms with Crippen molar-refractivity contribution in [2.45, 2.75) is 6.54 Å².